The standard InChI is InChI=1S/C21H19ClINO/c22-17-8-6-16(7-9-17)21(25)14-20(15-4-2-1-3-5-15)24-19-12-10-18(23)11-13-19/h1-13,20-21,24-25H,14H2. The highest BCUT2D eigenvalue weighted by Crippen LogP contribution is 2.30. The first-order valence-corrected chi connectivity index (χ1v) is 9.58. The lowest BCUT2D eigenvalue weighted by Crippen LogP contribution is -2.14. The van der Waals surface area contributed by atoms with Crippen molar-refractivity contribution in [3.8, 4) is 0 Å². The van der Waals surface area contributed by atoms with Crippen molar-refractivity contribution < 1.29 is 5.11 Å². The SMILES string of the molecule is OC(CC(Nc1ccc(I)cc1)c1ccccc1)c1ccc(Cl)cc1. The zero-order valence-electron chi connectivity index (χ0n) is 13.6. The summed E-state index contributed by atoms with van der Waals surface area (Å²) < 4.78 is 1.20. The van der Waals surface area contributed by atoms with Crippen LogP contribution in [0.5, 0.6) is 0 Å². The van der Waals surface area contributed by atoms with Crippen LogP contribution in [0.3, 0.4) is 0 Å². The number of hydrogen-bond donors (Lipinski definition) is 2. The number of aliphatic hydroxyl groups is 1. The summed E-state index contributed by atoms with van der Waals surface area (Å²) in [5.74, 6) is 0. The first-order valence-electron chi connectivity index (χ1n) is 8.12. The molecule has 2 atom stereocenters. The van der Waals surface area contributed by atoms with Crippen molar-refractivity contribution in [1.82, 2.24) is 0 Å². The summed E-state index contributed by atoms with van der Waals surface area (Å²) >= 11 is 8.24. The Balaban J connectivity index is 1.81. The molecule has 0 fully saturated rings. The van der Waals surface area contributed by atoms with E-state index in [1.165, 1.54) is 3.57 Å². The molecule has 0 aliphatic heterocycles. The van der Waals surface area contributed by atoms with Crippen molar-refractivity contribution in [1.29, 1.82) is 0 Å². The van der Waals surface area contributed by atoms with Gasteiger partial charge in [0.15, 0.2) is 0 Å². The van der Waals surface area contributed by atoms with Gasteiger partial charge in [0.25, 0.3) is 0 Å². The van der Waals surface area contributed by atoms with Gasteiger partial charge in [-0.3, -0.25) is 0 Å². The van der Waals surface area contributed by atoms with Crippen LogP contribution < -0.4 is 5.32 Å². The highest BCUT2D eigenvalue weighted by Gasteiger charge is 2.18. The Morgan fingerprint density at radius 2 is 1.48 bits per heavy atom. The van der Waals surface area contributed by atoms with Gasteiger partial charge in [0, 0.05) is 20.7 Å². The number of benzene rings is 3. The maximum atomic E-state index is 10.7. The van der Waals surface area contributed by atoms with Crippen molar-refractivity contribution in [2.75, 3.05) is 5.32 Å². The van der Waals surface area contributed by atoms with Crippen LogP contribution in [-0.2, 0) is 0 Å². The van der Waals surface area contributed by atoms with Crippen LogP contribution in [0, 0.1) is 3.57 Å². The summed E-state index contributed by atoms with van der Waals surface area (Å²) in [5.41, 5.74) is 3.06. The monoisotopic (exact) mass is 463 g/mol. The Kier molecular flexibility index (Phi) is 6.34. The van der Waals surface area contributed by atoms with E-state index in [-0.39, 0.29) is 6.04 Å². The molecule has 3 aromatic carbocycles. The quantitative estimate of drug-likeness (QED) is 0.425. The molecule has 25 heavy (non-hydrogen) atoms. The van der Waals surface area contributed by atoms with Gasteiger partial charge in [-0.25, -0.2) is 0 Å². The van der Waals surface area contributed by atoms with Crippen LogP contribution in [0.1, 0.15) is 29.7 Å². The minimum Gasteiger partial charge on any atom is -0.388 e. The molecule has 0 saturated heterocycles. The van der Waals surface area contributed by atoms with Gasteiger partial charge in [0.05, 0.1) is 12.1 Å². The van der Waals surface area contributed by atoms with Crippen molar-refractivity contribution in [2.24, 2.45) is 0 Å². The second-order valence-corrected chi connectivity index (χ2v) is 7.60. The molecule has 4 heteroatoms. The van der Waals surface area contributed by atoms with Gasteiger partial charge in [-0.1, -0.05) is 54.1 Å². The van der Waals surface area contributed by atoms with Gasteiger partial charge in [-0.15, -0.1) is 0 Å². The van der Waals surface area contributed by atoms with E-state index in [9.17, 15) is 5.11 Å². The summed E-state index contributed by atoms with van der Waals surface area (Å²) in [6.45, 7) is 0. The number of rotatable bonds is 6. The molecule has 0 aliphatic rings. The fourth-order valence-corrected chi connectivity index (χ4v) is 3.24. The lowest BCUT2D eigenvalue weighted by molar-refractivity contribution is 0.160. The van der Waals surface area contributed by atoms with Gasteiger partial charge in [0.2, 0.25) is 0 Å². The van der Waals surface area contributed by atoms with Crippen molar-refractivity contribution in [3.05, 3.63) is 98.6 Å². The van der Waals surface area contributed by atoms with Gasteiger partial charge in [-0.2, -0.15) is 0 Å². The Hall–Kier alpha value is -1.56. The summed E-state index contributed by atoms with van der Waals surface area (Å²) in [4.78, 5) is 0. The lowest BCUT2D eigenvalue weighted by atomic mass is 9.96. The summed E-state index contributed by atoms with van der Waals surface area (Å²) in [6.07, 6.45) is -0.00344. The fourth-order valence-electron chi connectivity index (χ4n) is 2.76. The van der Waals surface area contributed by atoms with Crippen LogP contribution in [0.4, 0.5) is 5.69 Å². The number of aliphatic hydroxyl groups excluding tert-OH is 1. The van der Waals surface area contributed by atoms with E-state index < -0.39 is 6.10 Å². The van der Waals surface area contributed by atoms with Crippen LogP contribution in [0.2, 0.25) is 5.02 Å². The molecule has 0 aliphatic carbocycles. The molecule has 3 rings (SSSR count). The first-order chi connectivity index (χ1) is 12.1. The van der Waals surface area contributed by atoms with E-state index in [0.717, 1.165) is 16.8 Å². The third kappa shape index (κ3) is 5.21. The molecule has 2 unspecified atom stereocenters. The molecule has 0 spiro atoms. The predicted molar refractivity (Wildman–Crippen MR) is 113 cm³/mol. The van der Waals surface area contributed by atoms with Crippen LogP contribution in [-0.4, -0.2) is 5.11 Å². The van der Waals surface area contributed by atoms with E-state index in [1.54, 1.807) is 0 Å². The summed E-state index contributed by atoms with van der Waals surface area (Å²) in [5, 5.41) is 14.9. The van der Waals surface area contributed by atoms with Crippen molar-refractivity contribution in [3.63, 3.8) is 0 Å². The average Bonchev–Trinajstić information content (AvgIpc) is 2.64. The molecule has 128 valence electrons. The second kappa shape index (κ2) is 8.70. The lowest BCUT2D eigenvalue weighted by Gasteiger charge is -2.23. The average molecular weight is 464 g/mol. The third-order valence-electron chi connectivity index (χ3n) is 4.10. The molecule has 0 saturated carbocycles. The van der Waals surface area contributed by atoms with Gasteiger partial charge in [-0.05, 0) is 70.1 Å². The molecular formula is C21H19ClINO. The zero-order chi connectivity index (χ0) is 17.6. The van der Waals surface area contributed by atoms with E-state index in [2.05, 4.69) is 64.3 Å². The summed E-state index contributed by atoms with van der Waals surface area (Å²) in [6, 6.07) is 25.8. The van der Waals surface area contributed by atoms with E-state index in [0.29, 0.717) is 11.4 Å². The molecule has 3 aromatic rings. The van der Waals surface area contributed by atoms with Crippen molar-refractivity contribution in [2.45, 2.75) is 18.6 Å². The zero-order valence-corrected chi connectivity index (χ0v) is 16.5. The Morgan fingerprint density at radius 3 is 2.12 bits per heavy atom. The highest BCUT2D eigenvalue weighted by molar-refractivity contribution is 14.1. The Bertz CT molecular complexity index is 790. The highest BCUT2D eigenvalue weighted by atomic mass is 127. The molecule has 0 aromatic heterocycles. The van der Waals surface area contributed by atoms with Crippen molar-refractivity contribution >= 4 is 39.9 Å². The molecule has 2 nitrogen and oxygen atoms in total. The second-order valence-electron chi connectivity index (χ2n) is 5.92. The minimum absolute atomic E-state index is 0.00643. The van der Waals surface area contributed by atoms with Gasteiger partial charge < -0.3 is 10.4 Å². The van der Waals surface area contributed by atoms with E-state index in [4.69, 9.17) is 11.6 Å². The number of halogens is 2. The van der Waals surface area contributed by atoms with Crippen LogP contribution in [0.25, 0.3) is 0 Å². The normalized spacial score (nSPS) is 13.2. The largest absolute Gasteiger partial charge is 0.388 e. The number of hydrogen-bond acceptors (Lipinski definition) is 2. The number of anilines is 1. The molecular weight excluding hydrogens is 445 g/mol. The number of nitrogens with one attached hydrogen (secondary N) is 1. The van der Waals surface area contributed by atoms with E-state index >= 15 is 0 Å². The van der Waals surface area contributed by atoms with Crippen LogP contribution in [0.15, 0.2) is 78.9 Å². The molecule has 0 heterocycles. The fraction of sp³-hybridized carbons (Fsp3) is 0.143. The predicted octanol–water partition coefficient (Wildman–Crippen LogP) is 6.22. The minimum atomic E-state index is -0.571. The first kappa shape index (κ1) is 18.2. The van der Waals surface area contributed by atoms with Gasteiger partial charge >= 0.3 is 0 Å². The maximum absolute atomic E-state index is 10.7. The topological polar surface area (TPSA) is 32.3 Å². The molecule has 0 bridgehead atoms. The van der Waals surface area contributed by atoms with Gasteiger partial charge in [0.1, 0.15) is 0 Å². The third-order valence-corrected chi connectivity index (χ3v) is 5.07. The molecule has 0 amide bonds. The maximum Gasteiger partial charge on any atom is 0.0813 e. The van der Waals surface area contributed by atoms with Crippen LogP contribution >= 0.6 is 34.2 Å². The summed E-state index contributed by atoms with van der Waals surface area (Å²) in [7, 11) is 0. The Morgan fingerprint density at radius 1 is 0.840 bits per heavy atom. The Labute approximate surface area is 167 Å². The van der Waals surface area contributed by atoms with E-state index in [1.807, 2.05) is 42.5 Å². The smallest absolute Gasteiger partial charge is 0.0813 e. The molecule has 2 N–H and O–H groups in total. The molecule has 0 radical (unpaired) electrons.